The van der Waals surface area contributed by atoms with Crippen LogP contribution >= 0.6 is 0 Å². The number of nitrogens with one attached hydrogen (secondary N) is 1. The van der Waals surface area contributed by atoms with Gasteiger partial charge in [0.1, 0.15) is 18.7 Å². The molecule has 7 nitrogen and oxygen atoms in total. The number of methoxy groups -OCH3 is 1. The average Bonchev–Trinajstić information content (AvgIpc) is 2.74. The Morgan fingerprint density at radius 1 is 1.30 bits per heavy atom. The summed E-state index contributed by atoms with van der Waals surface area (Å²) in [4.78, 5) is 38.9. The number of nitrogens with zero attached hydrogens (tertiary/aromatic N) is 1. The van der Waals surface area contributed by atoms with Crippen molar-refractivity contribution in [3.05, 3.63) is 60.7 Å². The predicted molar refractivity (Wildman–Crippen MR) is 114 cm³/mol. The SMILES string of the molecule is C#CC(=O)N(C(C(=O)NCC(=O)OCC)c1ccccc1)C(C=C)C(OC)C(=C)C. The number of hydrogen-bond donors (Lipinski definition) is 1. The molecule has 0 aliphatic heterocycles. The summed E-state index contributed by atoms with van der Waals surface area (Å²) in [6.45, 7) is 10.9. The molecule has 1 aromatic carbocycles. The lowest BCUT2D eigenvalue weighted by molar-refractivity contribution is -0.145. The van der Waals surface area contributed by atoms with E-state index in [1.165, 1.54) is 18.1 Å². The second kappa shape index (κ2) is 12.2. The minimum atomic E-state index is -1.14. The molecule has 7 heteroatoms. The third-order valence-corrected chi connectivity index (χ3v) is 4.32. The van der Waals surface area contributed by atoms with E-state index in [0.29, 0.717) is 11.1 Å². The van der Waals surface area contributed by atoms with Gasteiger partial charge in [-0.15, -0.1) is 13.0 Å². The van der Waals surface area contributed by atoms with E-state index in [4.69, 9.17) is 15.9 Å². The van der Waals surface area contributed by atoms with Crippen LogP contribution in [-0.2, 0) is 23.9 Å². The van der Waals surface area contributed by atoms with Crippen LogP contribution in [0.5, 0.6) is 0 Å². The average molecular weight is 412 g/mol. The Kier molecular flexibility index (Phi) is 10.1. The Bertz CT molecular complexity index is 813. The first-order valence-corrected chi connectivity index (χ1v) is 9.40. The summed E-state index contributed by atoms with van der Waals surface area (Å²) in [6.07, 6.45) is 6.25. The fourth-order valence-corrected chi connectivity index (χ4v) is 3.06. The summed E-state index contributed by atoms with van der Waals surface area (Å²) in [5.74, 6) is 0.148. The van der Waals surface area contributed by atoms with Crippen LogP contribution in [0.15, 0.2) is 55.1 Å². The van der Waals surface area contributed by atoms with Crippen LogP contribution in [0.1, 0.15) is 25.5 Å². The predicted octanol–water partition coefficient (Wildman–Crippen LogP) is 2.01. The zero-order chi connectivity index (χ0) is 22.7. The van der Waals surface area contributed by atoms with Crippen LogP contribution in [0.2, 0.25) is 0 Å². The molecule has 0 saturated heterocycles. The molecule has 1 rings (SSSR count). The monoisotopic (exact) mass is 412 g/mol. The minimum absolute atomic E-state index is 0.186. The second-order valence-corrected chi connectivity index (χ2v) is 6.42. The standard InChI is InChI=1S/C23H28N2O5/c1-7-18(22(29-6)16(4)5)25(19(26)8-2)21(17-13-11-10-12-14-17)23(28)24-15-20(27)30-9-3/h2,7,10-14,18,21-22H,1,4,9,15H2,3,5-6H3,(H,24,28). The smallest absolute Gasteiger partial charge is 0.325 e. The highest BCUT2D eigenvalue weighted by Gasteiger charge is 2.38. The normalized spacial score (nSPS) is 13.1. The summed E-state index contributed by atoms with van der Waals surface area (Å²) in [7, 11) is 1.47. The zero-order valence-electron chi connectivity index (χ0n) is 17.6. The molecule has 0 aliphatic carbocycles. The van der Waals surface area contributed by atoms with E-state index in [0.717, 1.165) is 0 Å². The van der Waals surface area contributed by atoms with Crippen molar-refractivity contribution in [3.63, 3.8) is 0 Å². The van der Waals surface area contributed by atoms with Crippen molar-refractivity contribution in [2.24, 2.45) is 0 Å². The Morgan fingerprint density at radius 2 is 1.93 bits per heavy atom. The number of carbonyl (C=O) groups is 3. The number of rotatable bonds is 11. The van der Waals surface area contributed by atoms with E-state index in [1.807, 2.05) is 0 Å². The molecular formula is C23H28N2O5. The van der Waals surface area contributed by atoms with Gasteiger partial charge in [-0.3, -0.25) is 14.4 Å². The molecular weight excluding hydrogens is 384 g/mol. The summed E-state index contributed by atoms with van der Waals surface area (Å²) in [6, 6.07) is 6.70. The molecule has 2 amide bonds. The van der Waals surface area contributed by atoms with E-state index >= 15 is 0 Å². The van der Waals surface area contributed by atoms with Crippen LogP contribution in [-0.4, -0.2) is 55.1 Å². The molecule has 3 atom stereocenters. The maximum Gasteiger partial charge on any atom is 0.325 e. The number of hydrogen-bond acceptors (Lipinski definition) is 5. The third kappa shape index (κ3) is 6.33. The van der Waals surface area contributed by atoms with Crippen molar-refractivity contribution >= 4 is 17.8 Å². The molecule has 0 spiro atoms. The highest BCUT2D eigenvalue weighted by Crippen LogP contribution is 2.28. The Morgan fingerprint density at radius 3 is 2.40 bits per heavy atom. The lowest BCUT2D eigenvalue weighted by atomic mass is 9.97. The van der Waals surface area contributed by atoms with Gasteiger partial charge in [0.25, 0.3) is 5.91 Å². The van der Waals surface area contributed by atoms with E-state index < -0.39 is 36.0 Å². The minimum Gasteiger partial charge on any atom is -0.465 e. The second-order valence-electron chi connectivity index (χ2n) is 6.42. The fraction of sp³-hybridized carbons (Fsp3) is 0.348. The molecule has 0 aromatic heterocycles. The van der Waals surface area contributed by atoms with Crippen LogP contribution in [0, 0.1) is 12.3 Å². The van der Waals surface area contributed by atoms with Gasteiger partial charge in [0, 0.05) is 7.11 Å². The van der Waals surface area contributed by atoms with Crippen molar-refractivity contribution in [3.8, 4) is 12.3 Å². The van der Waals surface area contributed by atoms with Gasteiger partial charge >= 0.3 is 5.97 Å². The third-order valence-electron chi connectivity index (χ3n) is 4.32. The summed E-state index contributed by atoms with van der Waals surface area (Å²) in [5.41, 5.74) is 1.13. The largest absolute Gasteiger partial charge is 0.465 e. The molecule has 0 radical (unpaired) electrons. The van der Waals surface area contributed by atoms with Gasteiger partial charge < -0.3 is 19.7 Å². The van der Waals surface area contributed by atoms with Gasteiger partial charge in [-0.2, -0.15) is 0 Å². The van der Waals surface area contributed by atoms with Crippen molar-refractivity contribution in [2.45, 2.75) is 32.0 Å². The van der Waals surface area contributed by atoms with Gasteiger partial charge in [-0.25, -0.2) is 0 Å². The number of ether oxygens (including phenoxy) is 2. The maximum absolute atomic E-state index is 13.1. The fourth-order valence-electron chi connectivity index (χ4n) is 3.06. The highest BCUT2D eigenvalue weighted by atomic mass is 16.5. The van der Waals surface area contributed by atoms with Crippen LogP contribution in [0.3, 0.4) is 0 Å². The van der Waals surface area contributed by atoms with Crippen molar-refractivity contribution in [2.75, 3.05) is 20.3 Å². The summed E-state index contributed by atoms with van der Waals surface area (Å²) in [5, 5.41) is 2.52. The maximum atomic E-state index is 13.1. The van der Waals surface area contributed by atoms with Gasteiger partial charge in [0.05, 0.1) is 12.6 Å². The molecule has 3 unspecified atom stereocenters. The number of carbonyl (C=O) groups excluding carboxylic acids is 3. The van der Waals surface area contributed by atoms with Crippen molar-refractivity contribution < 1.29 is 23.9 Å². The Balaban J connectivity index is 3.46. The molecule has 0 saturated carbocycles. The van der Waals surface area contributed by atoms with Gasteiger partial charge in [0.2, 0.25) is 5.91 Å². The van der Waals surface area contributed by atoms with Crippen molar-refractivity contribution in [1.82, 2.24) is 10.2 Å². The summed E-state index contributed by atoms with van der Waals surface area (Å²) < 4.78 is 10.3. The quantitative estimate of drug-likeness (QED) is 0.341. The topological polar surface area (TPSA) is 84.9 Å². The molecule has 0 bridgehead atoms. The van der Waals surface area contributed by atoms with Crippen LogP contribution < -0.4 is 5.32 Å². The van der Waals surface area contributed by atoms with E-state index in [9.17, 15) is 14.4 Å². The number of esters is 1. The molecule has 30 heavy (non-hydrogen) atoms. The highest BCUT2D eigenvalue weighted by molar-refractivity contribution is 5.98. The van der Waals surface area contributed by atoms with Gasteiger partial charge in [0.15, 0.2) is 0 Å². The first-order chi connectivity index (χ1) is 14.3. The molecule has 160 valence electrons. The lowest BCUT2D eigenvalue weighted by Gasteiger charge is -2.38. The van der Waals surface area contributed by atoms with Crippen LogP contribution in [0.4, 0.5) is 0 Å². The zero-order valence-corrected chi connectivity index (χ0v) is 17.6. The lowest BCUT2D eigenvalue weighted by Crippen LogP contribution is -2.52. The van der Waals surface area contributed by atoms with Gasteiger partial charge in [-0.1, -0.05) is 43.0 Å². The Labute approximate surface area is 177 Å². The van der Waals surface area contributed by atoms with E-state index in [1.54, 1.807) is 44.2 Å². The number of terminal acetylenes is 1. The molecule has 1 aromatic rings. The van der Waals surface area contributed by atoms with Crippen molar-refractivity contribution in [1.29, 1.82) is 0 Å². The van der Waals surface area contributed by atoms with E-state index in [-0.39, 0.29) is 13.2 Å². The first kappa shape index (κ1) is 24.7. The van der Waals surface area contributed by atoms with Gasteiger partial charge in [-0.05, 0) is 30.9 Å². The molecule has 0 fully saturated rings. The number of amides is 2. The van der Waals surface area contributed by atoms with E-state index in [2.05, 4.69) is 24.4 Å². The van der Waals surface area contributed by atoms with Crippen LogP contribution in [0.25, 0.3) is 0 Å². The summed E-state index contributed by atoms with van der Waals surface area (Å²) >= 11 is 0. The number of benzene rings is 1. The molecule has 0 aliphatic rings. The molecule has 0 heterocycles. The first-order valence-electron chi connectivity index (χ1n) is 9.40. The molecule has 1 N–H and O–H groups in total. The Hall–Kier alpha value is -3.37.